The van der Waals surface area contributed by atoms with E-state index in [0.29, 0.717) is 17.0 Å². The van der Waals surface area contributed by atoms with Crippen molar-refractivity contribution in [1.82, 2.24) is 14.6 Å². The van der Waals surface area contributed by atoms with Crippen molar-refractivity contribution in [2.45, 2.75) is 6.92 Å². The van der Waals surface area contributed by atoms with Gasteiger partial charge in [-0.2, -0.15) is 0 Å². The molecule has 0 aliphatic heterocycles. The zero-order chi connectivity index (χ0) is 12.7. The minimum atomic E-state index is -0.900. The largest absolute Gasteiger partial charge is 0.220 e. The van der Waals surface area contributed by atoms with E-state index in [1.54, 1.807) is 4.52 Å². The highest BCUT2D eigenvalue weighted by Gasteiger charge is 2.09. The van der Waals surface area contributed by atoms with Crippen LogP contribution >= 0.6 is 0 Å². The first-order valence-electron chi connectivity index (χ1n) is 5.42. The van der Waals surface area contributed by atoms with Gasteiger partial charge in [0.25, 0.3) is 0 Å². The minimum Gasteiger partial charge on any atom is -0.220 e. The Morgan fingerprint density at radius 2 is 1.89 bits per heavy atom. The Morgan fingerprint density at radius 3 is 2.67 bits per heavy atom. The molecule has 0 saturated carbocycles. The maximum atomic E-state index is 13.1. The van der Waals surface area contributed by atoms with Crippen LogP contribution in [-0.4, -0.2) is 14.6 Å². The van der Waals surface area contributed by atoms with Crippen LogP contribution in [0.3, 0.4) is 0 Å². The van der Waals surface area contributed by atoms with Gasteiger partial charge in [-0.25, -0.2) is 18.3 Å². The topological polar surface area (TPSA) is 30.2 Å². The minimum absolute atomic E-state index is 0.375. The van der Waals surface area contributed by atoms with Gasteiger partial charge in [-0.3, -0.25) is 0 Å². The first kappa shape index (κ1) is 10.8. The number of halogens is 2. The fourth-order valence-electron chi connectivity index (χ4n) is 1.74. The summed E-state index contributed by atoms with van der Waals surface area (Å²) in [6.07, 6.45) is 1.83. The van der Waals surface area contributed by atoms with Gasteiger partial charge >= 0.3 is 0 Å². The van der Waals surface area contributed by atoms with Crippen LogP contribution in [-0.2, 0) is 0 Å². The molecule has 0 N–H and O–H groups in total. The van der Waals surface area contributed by atoms with Crippen molar-refractivity contribution < 1.29 is 8.78 Å². The molecule has 2 heterocycles. The molecule has 0 radical (unpaired) electrons. The average molecular weight is 245 g/mol. The summed E-state index contributed by atoms with van der Waals surface area (Å²) in [7, 11) is 0. The number of nitrogens with zero attached hydrogens (tertiary/aromatic N) is 3. The molecule has 3 aromatic rings. The fourth-order valence-corrected chi connectivity index (χ4v) is 1.74. The van der Waals surface area contributed by atoms with Gasteiger partial charge in [-0.05, 0) is 36.8 Å². The summed E-state index contributed by atoms with van der Waals surface area (Å²) in [5.41, 5.74) is 2.17. The molecule has 5 heteroatoms. The van der Waals surface area contributed by atoms with Crippen LogP contribution in [0.4, 0.5) is 8.78 Å². The van der Waals surface area contributed by atoms with Crippen molar-refractivity contribution in [2.75, 3.05) is 0 Å². The summed E-state index contributed by atoms with van der Waals surface area (Å²) in [6.45, 7) is 1.94. The molecule has 0 unspecified atom stereocenters. The normalized spacial score (nSPS) is 11.1. The van der Waals surface area contributed by atoms with E-state index in [-0.39, 0.29) is 0 Å². The lowest BCUT2D eigenvalue weighted by Gasteiger charge is -1.95. The van der Waals surface area contributed by atoms with Crippen molar-refractivity contribution in [2.24, 2.45) is 0 Å². The third-order valence-corrected chi connectivity index (χ3v) is 2.66. The van der Waals surface area contributed by atoms with Crippen LogP contribution in [0.15, 0.2) is 36.5 Å². The third-order valence-electron chi connectivity index (χ3n) is 2.66. The second kappa shape index (κ2) is 3.87. The summed E-state index contributed by atoms with van der Waals surface area (Å²) >= 11 is 0. The van der Waals surface area contributed by atoms with E-state index in [1.165, 1.54) is 6.07 Å². The average Bonchev–Trinajstić information content (AvgIpc) is 2.75. The van der Waals surface area contributed by atoms with Gasteiger partial charge in [-0.15, -0.1) is 5.10 Å². The zero-order valence-electron chi connectivity index (χ0n) is 9.56. The lowest BCUT2D eigenvalue weighted by molar-refractivity contribution is 0.509. The SMILES string of the molecule is Cc1ccc2nc(-c3ccc(F)c(F)c3)nn2c1. The Balaban J connectivity index is 2.16. The van der Waals surface area contributed by atoms with Crippen LogP contribution < -0.4 is 0 Å². The Hall–Kier alpha value is -2.30. The number of hydrogen-bond donors (Lipinski definition) is 0. The van der Waals surface area contributed by atoms with E-state index in [4.69, 9.17) is 0 Å². The predicted molar refractivity (Wildman–Crippen MR) is 63.1 cm³/mol. The number of aromatic nitrogens is 3. The van der Waals surface area contributed by atoms with Crippen molar-refractivity contribution >= 4 is 5.65 Å². The highest BCUT2D eigenvalue weighted by molar-refractivity contribution is 5.58. The summed E-state index contributed by atoms with van der Waals surface area (Å²) in [5, 5.41) is 4.23. The van der Waals surface area contributed by atoms with E-state index in [2.05, 4.69) is 10.1 Å². The van der Waals surface area contributed by atoms with Gasteiger partial charge in [0.15, 0.2) is 23.1 Å². The summed E-state index contributed by atoms with van der Waals surface area (Å²) in [6, 6.07) is 7.36. The third kappa shape index (κ3) is 1.73. The maximum absolute atomic E-state index is 13.1. The molecule has 18 heavy (non-hydrogen) atoms. The molecule has 0 amide bonds. The maximum Gasteiger partial charge on any atom is 0.182 e. The van der Waals surface area contributed by atoms with E-state index >= 15 is 0 Å². The summed E-state index contributed by atoms with van der Waals surface area (Å²) in [4.78, 5) is 4.26. The Kier molecular flexibility index (Phi) is 2.33. The smallest absolute Gasteiger partial charge is 0.182 e. The Labute approximate surface area is 102 Å². The first-order chi connectivity index (χ1) is 8.63. The predicted octanol–water partition coefficient (Wildman–Crippen LogP) is 2.98. The molecule has 0 aliphatic carbocycles. The number of pyridine rings is 1. The molecule has 0 aliphatic rings. The van der Waals surface area contributed by atoms with Gasteiger partial charge in [0, 0.05) is 11.8 Å². The van der Waals surface area contributed by atoms with Crippen molar-refractivity contribution in [3.8, 4) is 11.4 Å². The molecule has 0 spiro atoms. The molecule has 90 valence electrons. The van der Waals surface area contributed by atoms with Crippen molar-refractivity contribution in [1.29, 1.82) is 0 Å². The highest BCUT2D eigenvalue weighted by atomic mass is 19.2. The van der Waals surface area contributed by atoms with E-state index in [0.717, 1.165) is 17.7 Å². The van der Waals surface area contributed by atoms with Crippen LogP contribution in [0.2, 0.25) is 0 Å². The number of aryl methyl sites for hydroxylation is 1. The van der Waals surface area contributed by atoms with Crippen LogP contribution in [0.5, 0.6) is 0 Å². The quantitative estimate of drug-likeness (QED) is 0.659. The first-order valence-corrected chi connectivity index (χ1v) is 5.42. The number of rotatable bonds is 1. The molecular formula is C13H9F2N3. The number of benzene rings is 1. The Morgan fingerprint density at radius 1 is 1.06 bits per heavy atom. The zero-order valence-corrected chi connectivity index (χ0v) is 9.56. The van der Waals surface area contributed by atoms with Gasteiger partial charge in [0.2, 0.25) is 0 Å². The molecule has 0 saturated heterocycles. The molecule has 2 aromatic heterocycles. The van der Waals surface area contributed by atoms with Crippen LogP contribution in [0, 0.1) is 18.6 Å². The van der Waals surface area contributed by atoms with Crippen molar-refractivity contribution in [3.63, 3.8) is 0 Å². The second-order valence-electron chi connectivity index (χ2n) is 4.07. The number of fused-ring (bicyclic) bond motifs is 1. The molecule has 0 fully saturated rings. The van der Waals surface area contributed by atoms with Crippen molar-refractivity contribution in [3.05, 3.63) is 53.7 Å². The molecule has 0 bridgehead atoms. The lowest BCUT2D eigenvalue weighted by atomic mass is 10.2. The lowest BCUT2D eigenvalue weighted by Crippen LogP contribution is -1.89. The van der Waals surface area contributed by atoms with E-state index < -0.39 is 11.6 Å². The molecular weight excluding hydrogens is 236 g/mol. The Bertz CT molecular complexity index is 734. The molecule has 1 aromatic carbocycles. The van der Waals surface area contributed by atoms with Gasteiger partial charge in [0.1, 0.15) is 0 Å². The highest BCUT2D eigenvalue weighted by Crippen LogP contribution is 2.19. The summed E-state index contributed by atoms with van der Waals surface area (Å²) < 4.78 is 27.6. The van der Waals surface area contributed by atoms with Crippen LogP contribution in [0.1, 0.15) is 5.56 Å². The fraction of sp³-hybridized carbons (Fsp3) is 0.0769. The van der Waals surface area contributed by atoms with Crippen LogP contribution in [0.25, 0.3) is 17.0 Å². The number of hydrogen-bond acceptors (Lipinski definition) is 2. The van der Waals surface area contributed by atoms with Gasteiger partial charge in [0.05, 0.1) is 0 Å². The van der Waals surface area contributed by atoms with Gasteiger partial charge < -0.3 is 0 Å². The van der Waals surface area contributed by atoms with E-state index in [1.807, 2.05) is 25.3 Å². The summed E-state index contributed by atoms with van der Waals surface area (Å²) in [5.74, 6) is -1.40. The molecule has 3 rings (SSSR count). The monoisotopic (exact) mass is 245 g/mol. The standard InChI is InChI=1S/C13H9F2N3/c1-8-2-5-12-16-13(17-18(12)7-8)9-3-4-10(14)11(15)6-9/h2-7H,1H3. The van der Waals surface area contributed by atoms with E-state index in [9.17, 15) is 8.78 Å². The molecule has 3 nitrogen and oxygen atoms in total. The molecule has 0 atom stereocenters. The second-order valence-corrected chi connectivity index (χ2v) is 4.07. The van der Waals surface area contributed by atoms with Gasteiger partial charge in [-0.1, -0.05) is 6.07 Å².